The maximum atomic E-state index is 4.54. The highest BCUT2D eigenvalue weighted by molar-refractivity contribution is 9.10. The number of anilines is 1. The molecule has 2 heterocycles. The summed E-state index contributed by atoms with van der Waals surface area (Å²) in [6.07, 6.45) is 5.59. The van der Waals surface area contributed by atoms with Crippen molar-refractivity contribution in [1.29, 1.82) is 0 Å². The van der Waals surface area contributed by atoms with Gasteiger partial charge >= 0.3 is 0 Å². The molecule has 1 aliphatic heterocycles. The number of aryl methyl sites for hydroxylation is 1. The fourth-order valence-corrected chi connectivity index (χ4v) is 2.91. The minimum atomic E-state index is 0.609. The number of halogens is 1. The Morgan fingerprint density at radius 3 is 3.00 bits per heavy atom. The summed E-state index contributed by atoms with van der Waals surface area (Å²) in [6.45, 7) is 4.39. The second kappa shape index (κ2) is 5.83. The number of hydrogen-bond donors (Lipinski definition) is 1. The van der Waals surface area contributed by atoms with E-state index in [1.807, 2.05) is 6.20 Å². The lowest BCUT2D eigenvalue weighted by molar-refractivity contribution is 0.561. The van der Waals surface area contributed by atoms with Crippen molar-refractivity contribution in [3.05, 3.63) is 22.3 Å². The smallest absolute Gasteiger partial charge is 0.131 e. The Balaban J connectivity index is 2.14. The van der Waals surface area contributed by atoms with Crippen LogP contribution in [-0.2, 0) is 0 Å². The predicted molar refractivity (Wildman–Crippen MR) is 75.6 cm³/mol. The van der Waals surface area contributed by atoms with Gasteiger partial charge in [-0.25, -0.2) is 4.98 Å². The summed E-state index contributed by atoms with van der Waals surface area (Å²) in [5.74, 6) is 1.11. The highest BCUT2D eigenvalue weighted by Crippen LogP contribution is 2.24. The number of rotatable bonds is 2. The van der Waals surface area contributed by atoms with Gasteiger partial charge in [0.1, 0.15) is 5.82 Å². The van der Waals surface area contributed by atoms with E-state index in [1.165, 1.54) is 24.8 Å². The van der Waals surface area contributed by atoms with Crippen LogP contribution >= 0.6 is 15.9 Å². The fourth-order valence-electron chi connectivity index (χ4n) is 2.46. The summed E-state index contributed by atoms with van der Waals surface area (Å²) in [5.41, 5.74) is 1.24. The Bertz CT molecular complexity index is 373. The van der Waals surface area contributed by atoms with Crippen LogP contribution in [0, 0.1) is 6.92 Å². The molecule has 4 heteroatoms. The van der Waals surface area contributed by atoms with Crippen LogP contribution in [0.1, 0.15) is 24.8 Å². The lowest BCUT2D eigenvalue weighted by Gasteiger charge is -2.29. The SMILES string of the molecule is Cc1cc(Br)cnc1N(C)C1CCCNCC1. The van der Waals surface area contributed by atoms with Crippen molar-refractivity contribution in [2.24, 2.45) is 0 Å². The van der Waals surface area contributed by atoms with Crippen LogP contribution in [0.2, 0.25) is 0 Å². The third-order valence-electron chi connectivity index (χ3n) is 3.44. The third-order valence-corrected chi connectivity index (χ3v) is 3.88. The summed E-state index contributed by atoms with van der Waals surface area (Å²) in [5, 5.41) is 3.45. The van der Waals surface area contributed by atoms with Gasteiger partial charge in [0, 0.05) is 23.8 Å². The van der Waals surface area contributed by atoms with Gasteiger partial charge in [-0.2, -0.15) is 0 Å². The van der Waals surface area contributed by atoms with Gasteiger partial charge in [-0.15, -0.1) is 0 Å². The fraction of sp³-hybridized carbons (Fsp3) is 0.615. The number of hydrogen-bond acceptors (Lipinski definition) is 3. The van der Waals surface area contributed by atoms with E-state index in [0.29, 0.717) is 6.04 Å². The molecule has 1 aromatic rings. The Hall–Kier alpha value is -0.610. The van der Waals surface area contributed by atoms with Crippen LogP contribution in [0.25, 0.3) is 0 Å². The first-order valence-corrected chi connectivity index (χ1v) is 7.03. The number of aromatic nitrogens is 1. The lowest BCUT2D eigenvalue weighted by atomic mass is 10.1. The van der Waals surface area contributed by atoms with Crippen LogP contribution in [0.15, 0.2) is 16.7 Å². The van der Waals surface area contributed by atoms with E-state index < -0.39 is 0 Å². The maximum absolute atomic E-state index is 4.54. The number of nitrogens with one attached hydrogen (secondary N) is 1. The molecule has 0 aliphatic carbocycles. The molecule has 1 atom stereocenters. The first-order valence-electron chi connectivity index (χ1n) is 6.24. The van der Waals surface area contributed by atoms with Crippen molar-refractivity contribution in [1.82, 2.24) is 10.3 Å². The van der Waals surface area contributed by atoms with Crippen LogP contribution < -0.4 is 10.2 Å². The zero-order chi connectivity index (χ0) is 12.3. The van der Waals surface area contributed by atoms with Gasteiger partial charge in [0.2, 0.25) is 0 Å². The van der Waals surface area contributed by atoms with Crippen molar-refractivity contribution in [3.63, 3.8) is 0 Å². The Kier molecular flexibility index (Phi) is 4.40. The topological polar surface area (TPSA) is 28.2 Å². The van der Waals surface area contributed by atoms with E-state index in [-0.39, 0.29) is 0 Å². The normalized spacial score (nSPS) is 21.0. The second-order valence-electron chi connectivity index (χ2n) is 4.74. The molecule has 0 radical (unpaired) electrons. The van der Waals surface area contributed by atoms with Crippen molar-refractivity contribution < 1.29 is 0 Å². The van der Waals surface area contributed by atoms with E-state index in [4.69, 9.17) is 0 Å². The van der Waals surface area contributed by atoms with Crippen LogP contribution in [0.3, 0.4) is 0 Å². The summed E-state index contributed by atoms with van der Waals surface area (Å²) in [6, 6.07) is 2.74. The molecule has 0 spiro atoms. The molecule has 94 valence electrons. The average molecular weight is 298 g/mol. The van der Waals surface area contributed by atoms with Gasteiger partial charge in [-0.1, -0.05) is 0 Å². The van der Waals surface area contributed by atoms with E-state index in [1.54, 1.807) is 0 Å². The van der Waals surface area contributed by atoms with Crippen LogP contribution in [0.4, 0.5) is 5.82 Å². The van der Waals surface area contributed by atoms with E-state index in [2.05, 4.69) is 51.2 Å². The van der Waals surface area contributed by atoms with Crippen LogP contribution in [-0.4, -0.2) is 31.2 Å². The first kappa shape index (κ1) is 12.8. The molecule has 3 nitrogen and oxygen atoms in total. The number of pyridine rings is 1. The van der Waals surface area contributed by atoms with E-state index >= 15 is 0 Å². The molecule has 1 saturated heterocycles. The van der Waals surface area contributed by atoms with Gasteiger partial charge < -0.3 is 10.2 Å². The Morgan fingerprint density at radius 1 is 1.41 bits per heavy atom. The average Bonchev–Trinajstić information content (AvgIpc) is 2.56. The molecule has 17 heavy (non-hydrogen) atoms. The van der Waals surface area contributed by atoms with E-state index in [0.717, 1.165) is 23.4 Å². The Morgan fingerprint density at radius 2 is 2.24 bits per heavy atom. The molecule has 1 aliphatic rings. The van der Waals surface area contributed by atoms with Gasteiger partial charge in [-0.05, 0) is 66.8 Å². The molecular formula is C13H20BrN3. The quantitative estimate of drug-likeness (QED) is 0.910. The van der Waals surface area contributed by atoms with Crippen LogP contribution in [0.5, 0.6) is 0 Å². The molecule has 1 unspecified atom stereocenters. The Labute approximate surface area is 112 Å². The minimum Gasteiger partial charge on any atom is -0.356 e. The molecule has 0 bridgehead atoms. The summed E-state index contributed by atoms with van der Waals surface area (Å²) >= 11 is 3.46. The summed E-state index contributed by atoms with van der Waals surface area (Å²) in [4.78, 5) is 6.88. The molecule has 0 amide bonds. The van der Waals surface area contributed by atoms with Gasteiger partial charge in [-0.3, -0.25) is 0 Å². The zero-order valence-corrected chi connectivity index (χ0v) is 12.1. The molecule has 1 fully saturated rings. The standard InChI is InChI=1S/C13H20BrN3/c1-10-8-11(14)9-16-13(10)17(2)12-4-3-6-15-7-5-12/h8-9,12,15H,3-7H2,1-2H3. The summed E-state index contributed by atoms with van der Waals surface area (Å²) in [7, 11) is 2.17. The second-order valence-corrected chi connectivity index (χ2v) is 5.66. The van der Waals surface area contributed by atoms with E-state index in [9.17, 15) is 0 Å². The minimum absolute atomic E-state index is 0.609. The monoisotopic (exact) mass is 297 g/mol. The van der Waals surface area contributed by atoms with Crippen molar-refractivity contribution in [2.45, 2.75) is 32.2 Å². The van der Waals surface area contributed by atoms with Crippen molar-refractivity contribution >= 4 is 21.7 Å². The number of nitrogens with zero attached hydrogens (tertiary/aromatic N) is 2. The largest absolute Gasteiger partial charge is 0.356 e. The zero-order valence-electron chi connectivity index (χ0n) is 10.5. The molecule has 0 saturated carbocycles. The van der Waals surface area contributed by atoms with Crippen molar-refractivity contribution in [3.8, 4) is 0 Å². The molecule has 1 aromatic heterocycles. The van der Waals surface area contributed by atoms with Gasteiger partial charge in [0.05, 0.1) is 0 Å². The summed E-state index contributed by atoms with van der Waals surface area (Å²) < 4.78 is 1.05. The third kappa shape index (κ3) is 3.19. The molecular weight excluding hydrogens is 278 g/mol. The molecule has 0 aromatic carbocycles. The predicted octanol–water partition coefficient (Wildman–Crippen LogP) is 2.73. The highest BCUT2D eigenvalue weighted by atomic mass is 79.9. The lowest BCUT2D eigenvalue weighted by Crippen LogP contribution is -2.33. The maximum Gasteiger partial charge on any atom is 0.131 e. The molecule has 2 rings (SSSR count). The molecule has 1 N–H and O–H groups in total. The van der Waals surface area contributed by atoms with Gasteiger partial charge in [0.25, 0.3) is 0 Å². The van der Waals surface area contributed by atoms with Gasteiger partial charge in [0.15, 0.2) is 0 Å². The van der Waals surface area contributed by atoms with Crippen molar-refractivity contribution in [2.75, 3.05) is 25.0 Å². The highest BCUT2D eigenvalue weighted by Gasteiger charge is 2.19. The first-order chi connectivity index (χ1) is 8.18.